The maximum absolute atomic E-state index is 10.6. The van der Waals surface area contributed by atoms with Gasteiger partial charge in [0.15, 0.2) is 0 Å². The van der Waals surface area contributed by atoms with Gasteiger partial charge in [0.2, 0.25) is 0 Å². The van der Waals surface area contributed by atoms with Crippen molar-refractivity contribution < 1.29 is 19.1 Å². The standard InChI is InChI=1S/C6H10NO4PS/c1-11-2-6-7-5(4-13-6)3-12(8,9)10/h4H,2-3H2,1H3,(H2,8,9,10). The summed E-state index contributed by atoms with van der Waals surface area (Å²) >= 11 is 1.34. The highest BCUT2D eigenvalue weighted by Gasteiger charge is 2.16. The molecule has 0 unspecified atom stereocenters. The molecular weight excluding hydrogens is 213 g/mol. The summed E-state index contributed by atoms with van der Waals surface area (Å²) in [6, 6.07) is 0. The molecule has 0 saturated heterocycles. The van der Waals surface area contributed by atoms with Gasteiger partial charge in [-0.3, -0.25) is 4.57 Å². The molecule has 74 valence electrons. The van der Waals surface area contributed by atoms with E-state index in [4.69, 9.17) is 14.5 Å². The molecule has 5 nitrogen and oxygen atoms in total. The molecule has 1 aromatic heterocycles. The topological polar surface area (TPSA) is 79.7 Å². The maximum atomic E-state index is 10.6. The van der Waals surface area contributed by atoms with E-state index >= 15 is 0 Å². The first-order valence-electron chi connectivity index (χ1n) is 3.48. The van der Waals surface area contributed by atoms with Crippen molar-refractivity contribution in [1.29, 1.82) is 0 Å². The highest BCUT2D eigenvalue weighted by Crippen LogP contribution is 2.39. The summed E-state index contributed by atoms with van der Waals surface area (Å²) in [6.45, 7) is 0.381. The molecule has 0 saturated carbocycles. The van der Waals surface area contributed by atoms with Crippen molar-refractivity contribution in [2.24, 2.45) is 0 Å². The van der Waals surface area contributed by atoms with Crippen LogP contribution in [-0.4, -0.2) is 21.9 Å². The van der Waals surface area contributed by atoms with E-state index in [0.717, 1.165) is 5.01 Å². The Morgan fingerprint density at radius 1 is 1.69 bits per heavy atom. The third-order valence-corrected chi connectivity index (χ3v) is 2.84. The molecule has 0 spiro atoms. The van der Waals surface area contributed by atoms with Crippen molar-refractivity contribution in [3.63, 3.8) is 0 Å². The van der Waals surface area contributed by atoms with E-state index in [2.05, 4.69) is 4.98 Å². The Morgan fingerprint density at radius 3 is 2.92 bits per heavy atom. The summed E-state index contributed by atoms with van der Waals surface area (Å²) in [5.74, 6) is 0. The van der Waals surface area contributed by atoms with Crippen LogP contribution in [0.2, 0.25) is 0 Å². The number of rotatable bonds is 4. The van der Waals surface area contributed by atoms with Crippen LogP contribution in [0.25, 0.3) is 0 Å². The van der Waals surface area contributed by atoms with Crippen molar-refractivity contribution in [3.05, 3.63) is 16.1 Å². The van der Waals surface area contributed by atoms with Crippen LogP contribution >= 0.6 is 18.9 Å². The number of hydrogen-bond donors (Lipinski definition) is 2. The van der Waals surface area contributed by atoms with Gasteiger partial charge in [-0.25, -0.2) is 4.98 Å². The Morgan fingerprint density at radius 2 is 2.38 bits per heavy atom. The fourth-order valence-electron chi connectivity index (χ4n) is 0.822. The van der Waals surface area contributed by atoms with E-state index in [0.29, 0.717) is 12.3 Å². The van der Waals surface area contributed by atoms with Crippen LogP contribution in [0.1, 0.15) is 10.7 Å². The molecule has 1 aromatic rings. The average Bonchev–Trinajstić information content (AvgIpc) is 2.33. The van der Waals surface area contributed by atoms with Crippen LogP contribution in [0.3, 0.4) is 0 Å². The molecule has 0 radical (unpaired) electrons. The van der Waals surface area contributed by atoms with Gasteiger partial charge in [-0.15, -0.1) is 11.3 Å². The molecule has 0 aromatic carbocycles. The van der Waals surface area contributed by atoms with Crippen LogP contribution in [0.4, 0.5) is 0 Å². The molecule has 0 bridgehead atoms. The Hall–Kier alpha value is -0.260. The zero-order valence-electron chi connectivity index (χ0n) is 7.01. The molecule has 7 heteroatoms. The van der Waals surface area contributed by atoms with E-state index in [1.165, 1.54) is 11.3 Å². The van der Waals surface area contributed by atoms with Crippen LogP contribution in [0.5, 0.6) is 0 Å². The van der Waals surface area contributed by atoms with E-state index in [1.807, 2.05) is 0 Å². The SMILES string of the molecule is COCc1nc(CP(=O)(O)O)cs1. The predicted octanol–water partition coefficient (Wildman–Crippen LogP) is 0.967. The summed E-state index contributed by atoms with van der Waals surface area (Å²) in [4.78, 5) is 21.3. The van der Waals surface area contributed by atoms with Gasteiger partial charge in [-0.05, 0) is 0 Å². The Bertz CT molecular complexity index is 320. The average molecular weight is 223 g/mol. The van der Waals surface area contributed by atoms with Crippen LogP contribution in [0, 0.1) is 0 Å². The monoisotopic (exact) mass is 223 g/mol. The lowest BCUT2D eigenvalue weighted by molar-refractivity contribution is 0.184. The van der Waals surface area contributed by atoms with Crippen molar-refractivity contribution >= 4 is 18.9 Å². The quantitative estimate of drug-likeness (QED) is 0.743. The lowest BCUT2D eigenvalue weighted by Gasteiger charge is -1.98. The highest BCUT2D eigenvalue weighted by atomic mass is 32.1. The second-order valence-corrected chi connectivity index (χ2v) is 5.08. The van der Waals surface area contributed by atoms with Crippen LogP contribution < -0.4 is 0 Å². The van der Waals surface area contributed by atoms with Gasteiger partial charge < -0.3 is 14.5 Å². The molecule has 1 rings (SSSR count). The van der Waals surface area contributed by atoms with E-state index in [-0.39, 0.29) is 6.16 Å². The van der Waals surface area contributed by atoms with Gasteiger partial charge >= 0.3 is 7.60 Å². The lowest BCUT2D eigenvalue weighted by Crippen LogP contribution is -1.90. The first-order valence-corrected chi connectivity index (χ1v) is 6.16. The molecule has 0 aliphatic carbocycles. The second kappa shape index (κ2) is 4.30. The first kappa shape index (κ1) is 10.8. The predicted molar refractivity (Wildman–Crippen MR) is 48.6 cm³/mol. The van der Waals surface area contributed by atoms with Crippen molar-refractivity contribution in [2.45, 2.75) is 12.8 Å². The number of nitrogens with zero attached hydrogens (tertiary/aromatic N) is 1. The normalized spacial score (nSPS) is 11.9. The highest BCUT2D eigenvalue weighted by molar-refractivity contribution is 7.50. The Balaban J connectivity index is 2.64. The molecule has 0 aliphatic rings. The number of hydrogen-bond acceptors (Lipinski definition) is 4. The molecule has 0 aliphatic heterocycles. The zero-order chi connectivity index (χ0) is 9.90. The van der Waals surface area contributed by atoms with Crippen molar-refractivity contribution in [3.8, 4) is 0 Å². The van der Waals surface area contributed by atoms with Crippen LogP contribution in [0.15, 0.2) is 5.38 Å². The summed E-state index contributed by atoms with van der Waals surface area (Å²) in [6.07, 6.45) is -0.298. The molecule has 0 amide bonds. The fourth-order valence-corrected chi connectivity index (χ4v) is 2.29. The molecule has 0 atom stereocenters. The van der Waals surface area contributed by atoms with E-state index < -0.39 is 7.60 Å². The summed E-state index contributed by atoms with van der Waals surface area (Å²) < 4.78 is 15.4. The summed E-state index contributed by atoms with van der Waals surface area (Å²) in [5, 5.41) is 2.36. The van der Waals surface area contributed by atoms with Gasteiger partial charge in [0.1, 0.15) is 5.01 Å². The van der Waals surface area contributed by atoms with Gasteiger partial charge in [-0.2, -0.15) is 0 Å². The minimum Gasteiger partial charge on any atom is -0.378 e. The molecule has 2 N–H and O–H groups in total. The number of aromatic nitrogens is 1. The molecular formula is C6H10NO4PS. The summed E-state index contributed by atoms with van der Waals surface area (Å²) in [7, 11) is -2.44. The van der Waals surface area contributed by atoms with Gasteiger partial charge in [0.25, 0.3) is 0 Å². The summed E-state index contributed by atoms with van der Waals surface area (Å²) in [5.41, 5.74) is 0.422. The van der Waals surface area contributed by atoms with Gasteiger partial charge in [0.05, 0.1) is 18.5 Å². The van der Waals surface area contributed by atoms with Crippen LogP contribution in [-0.2, 0) is 22.1 Å². The Labute approximate surface area is 79.6 Å². The third-order valence-electron chi connectivity index (χ3n) is 1.24. The molecule has 13 heavy (non-hydrogen) atoms. The Kier molecular flexibility index (Phi) is 3.58. The maximum Gasteiger partial charge on any atom is 0.331 e. The number of methoxy groups -OCH3 is 1. The van der Waals surface area contributed by atoms with E-state index in [1.54, 1.807) is 12.5 Å². The second-order valence-electron chi connectivity index (χ2n) is 2.49. The van der Waals surface area contributed by atoms with Gasteiger partial charge in [-0.1, -0.05) is 0 Å². The minimum absolute atomic E-state index is 0.298. The smallest absolute Gasteiger partial charge is 0.331 e. The third kappa shape index (κ3) is 3.97. The number of thiazole rings is 1. The first-order chi connectivity index (χ1) is 6.01. The van der Waals surface area contributed by atoms with Crippen molar-refractivity contribution in [1.82, 2.24) is 4.98 Å². The van der Waals surface area contributed by atoms with Gasteiger partial charge in [0, 0.05) is 12.5 Å². The molecule has 1 heterocycles. The largest absolute Gasteiger partial charge is 0.378 e. The van der Waals surface area contributed by atoms with E-state index in [9.17, 15) is 4.57 Å². The fraction of sp³-hybridized carbons (Fsp3) is 0.500. The van der Waals surface area contributed by atoms with Crippen molar-refractivity contribution in [2.75, 3.05) is 7.11 Å². The lowest BCUT2D eigenvalue weighted by atomic mass is 10.6. The zero-order valence-corrected chi connectivity index (χ0v) is 8.72. The number of ether oxygens (including phenoxy) is 1. The molecule has 0 fully saturated rings. The minimum atomic E-state index is -3.99.